The van der Waals surface area contributed by atoms with Crippen LogP contribution in [0.4, 0.5) is 0 Å². The molecule has 2 rings (SSSR count). The van der Waals surface area contributed by atoms with Gasteiger partial charge in [0.2, 0.25) is 0 Å². The molecule has 24 heavy (non-hydrogen) atoms. The maximum absolute atomic E-state index is 12.3. The van der Waals surface area contributed by atoms with Crippen LogP contribution in [-0.2, 0) is 16.0 Å². The highest BCUT2D eigenvalue weighted by Gasteiger charge is 2.22. The van der Waals surface area contributed by atoms with Gasteiger partial charge in [-0.25, -0.2) is 4.79 Å². The van der Waals surface area contributed by atoms with Gasteiger partial charge in [0.15, 0.2) is 0 Å². The first kappa shape index (κ1) is 17.9. The average molecular weight is 434 g/mol. The van der Waals surface area contributed by atoms with E-state index in [9.17, 15) is 9.59 Å². The Morgan fingerprint density at radius 1 is 1.25 bits per heavy atom. The SMILES string of the molecule is COC(=O)[C@H](Cc1cccc(I)c1)NC(=O)c1ccc(C#N)cc1. The lowest BCUT2D eigenvalue weighted by atomic mass is 10.1. The van der Waals surface area contributed by atoms with E-state index in [2.05, 4.69) is 27.9 Å². The van der Waals surface area contributed by atoms with Crippen LogP contribution >= 0.6 is 22.6 Å². The molecule has 122 valence electrons. The Morgan fingerprint density at radius 2 is 1.96 bits per heavy atom. The molecule has 0 heterocycles. The van der Waals surface area contributed by atoms with Gasteiger partial charge in [0.25, 0.3) is 5.91 Å². The molecule has 0 aromatic heterocycles. The third-order valence-electron chi connectivity index (χ3n) is 3.40. The van der Waals surface area contributed by atoms with Gasteiger partial charge in [-0.3, -0.25) is 4.79 Å². The molecular formula is C18H15IN2O3. The van der Waals surface area contributed by atoms with Crippen molar-refractivity contribution in [3.63, 3.8) is 0 Å². The van der Waals surface area contributed by atoms with Gasteiger partial charge in [-0.1, -0.05) is 12.1 Å². The first-order chi connectivity index (χ1) is 11.5. The number of benzene rings is 2. The summed E-state index contributed by atoms with van der Waals surface area (Å²) < 4.78 is 5.84. The highest BCUT2D eigenvalue weighted by molar-refractivity contribution is 14.1. The van der Waals surface area contributed by atoms with Gasteiger partial charge in [0, 0.05) is 15.6 Å². The van der Waals surface area contributed by atoms with Crippen molar-refractivity contribution >= 4 is 34.5 Å². The van der Waals surface area contributed by atoms with E-state index in [1.54, 1.807) is 24.3 Å². The van der Waals surface area contributed by atoms with Crippen LogP contribution in [0.2, 0.25) is 0 Å². The van der Waals surface area contributed by atoms with Crippen LogP contribution in [0.3, 0.4) is 0 Å². The van der Waals surface area contributed by atoms with E-state index in [1.807, 2.05) is 30.3 Å². The van der Waals surface area contributed by atoms with Crippen molar-refractivity contribution in [1.82, 2.24) is 5.32 Å². The topological polar surface area (TPSA) is 79.2 Å². The highest BCUT2D eigenvalue weighted by atomic mass is 127. The first-order valence-corrected chi connectivity index (χ1v) is 8.24. The number of ether oxygens (including phenoxy) is 1. The summed E-state index contributed by atoms with van der Waals surface area (Å²) in [4.78, 5) is 24.3. The molecule has 6 heteroatoms. The number of halogens is 1. The minimum atomic E-state index is -0.781. The van der Waals surface area contributed by atoms with Crippen molar-refractivity contribution in [2.24, 2.45) is 0 Å². The van der Waals surface area contributed by atoms with E-state index >= 15 is 0 Å². The molecule has 1 N–H and O–H groups in total. The van der Waals surface area contributed by atoms with Crippen LogP contribution in [0.1, 0.15) is 21.5 Å². The summed E-state index contributed by atoms with van der Waals surface area (Å²) in [6, 6.07) is 15.1. The standard InChI is InChI=1S/C18H15IN2O3/c1-24-18(23)16(10-13-3-2-4-15(19)9-13)21-17(22)14-7-5-12(11-20)6-8-14/h2-9,16H,10H2,1H3,(H,21,22)/t16-/m0/s1. The third-order valence-corrected chi connectivity index (χ3v) is 4.07. The van der Waals surface area contributed by atoms with Crippen LogP contribution < -0.4 is 5.32 Å². The quantitative estimate of drug-likeness (QED) is 0.580. The van der Waals surface area contributed by atoms with Crippen molar-refractivity contribution < 1.29 is 14.3 Å². The lowest BCUT2D eigenvalue weighted by molar-refractivity contribution is -0.142. The Bertz CT molecular complexity index is 782. The van der Waals surface area contributed by atoms with Crippen LogP contribution in [0.5, 0.6) is 0 Å². The maximum Gasteiger partial charge on any atom is 0.328 e. The molecule has 0 unspecified atom stereocenters. The Balaban J connectivity index is 2.14. The summed E-state index contributed by atoms with van der Waals surface area (Å²) in [6.45, 7) is 0. The summed E-state index contributed by atoms with van der Waals surface area (Å²) in [5.74, 6) is -0.892. The van der Waals surface area contributed by atoms with Gasteiger partial charge in [0.05, 0.1) is 18.7 Å². The third kappa shape index (κ3) is 4.80. The van der Waals surface area contributed by atoms with Gasteiger partial charge >= 0.3 is 5.97 Å². The zero-order chi connectivity index (χ0) is 17.5. The number of hydrogen-bond acceptors (Lipinski definition) is 4. The van der Waals surface area contributed by atoms with Gasteiger partial charge < -0.3 is 10.1 Å². The van der Waals surface area contributed by atoms with E-state index < -0.39 is 12.0 Å². The Labute approximate surface area is 153 Å². The molecule has 0 radical (unpaired) electrons. The number of carbonyl (C=O) groups is 2. The zero-order valence-electron chi connectivity index (χ0n) is 13.0. The number of nitrogens with one attached hydrogen (secondary N) is 1. The summed E-state index contributed by atoms with van der Waals surface area (Å²) in [7, 11) is 1.29. The second-order valence-electron chi connectivity index (χ2n) is 5.07. The van der Waals surface area contributed by atoms with Crippen LogP contribution in [-0.4, -0.2) is 25.0 Å². The molecule has 0 fully saturated rings. The van der Waals surface area contributed by atoms with Gasteiger partial charge in [-0.15, -0.1) is 0 Å². The van der Waals surface area contributed by atoms with E-state index in [-0.39, 0.29) is 5.91 Å². The van der Waals surface area contributed by atoms with Crippen molar-refractivity contribution in [3.8, 4) is 6.07 Å². The second-order valence-corrected chi connectivity index (χ2v) is 6.32. The number of amides is 1. The average Bonchev–Trinajstić information content (AvgIpc) is 2.60. The maximum atomic E-state index is 12.3. The molecule has 0 saturated heterocycles. The van der Waals surface area contributed by atoms with Gasteiger partial charge in [0.1, 0.15) is 6.04 Å². The minimum Gasteiger partial charge on any atom is -0.467 e. The van der Waals surface area contributed by atoms with Crippen molar-refractivity contribution in [1.29, 1.82) is 5.26 Å². The molecule has 2 aromatic rings. The van der Waals surface area contributed by atoms with Crippen LogP contribution in [0.25, 0.3) is 0 Å². The fraction of sp³-hybridized carbons (Fsp3) is 0.167. The summed E-state index contributed by atoms with van der Waals surface area (Å²) in [5.41, 5.74) is 1.78. The molecule has 0 saturated carbocycles. The first-order valence-electron chi connectivity index (χ1n) is 7.17. The number of carbonyl (C=O) groups excluding carboxylic acids is 2. The largest absolute Gasteiger partial charge is 0.467 e. The Kier molecular flexibility index (Phi) is 6.32. The minimum absolute atomic E-state index is 0.339. The number of nitrogens with zero attached hydrogens (tertiary/aromatic N) is 1. The predicted molar refractivity (Wildman–Crippen MR) is 97.3 cm³/mol. The summed E-state index contributed by atoms with van der Waals surface area (Å²) in [6.07, 6.45) is 0.339. The molecule has 0 aliphatic rings. The normalized spacial score (nSPS) is 11.2. The molecule has 0 aliphatic heterocycles. The van der Waals surface area contributed by atoms with Gasteiger partial charge in [-0.05, 0) is 64.6 Å². The molecule has 1 amide bonds. The molecule has 0 aliphatic carbocycles. The van der Waals surface area contributed by atoms with Crippen molar-refractivity contribution in [2.75, 3.05) is 7.11 Å². The number of methoxy groups -OCH3 is 1. The Hall–Kier alpha value is -2.40. The second kappa shape index (κ2) is 8.45. The number of nitriles is 1. The van der Waals surface area contributed by atoms with Crippen LogP contribution in [0.15, 0.2) is 48.5 Å². The summed E-state index contributed by atoms with van der Waals surface area (Å²) in [5, 5.41) is 11.5. The lowest BCUT2D eigenvalue weighted by Crippen LogP contribution is -2.43. The zero-order valence-corrected chi connectivity index (χ0v) is 15.1. The predicted octanol–water partition coefficient (Wildman–Crippen LogP) is 2.68. The van der Waals surface area contributed by atoms with E-state index in [0.29, 0.717) is 17.5 Å². The molecule has 0 spiro atoms. The number of esters is 1. The smallest absolute Gasteiger partial charge is 0.328 e. The molecule has 1 atom stereocenters. The van der Waals surface area contributed by atoms with Crippen LogP contribution in [0, 0.1) is 14.9 Å². The molecule has 0 bridgehead atoms. The summed E-state index contributed by atoms with van der Waals surface area (Å²) >= 11 is 2.19. The number of hydrogen-bond donors (Lipinski definition) is 1. The number of rotatable bonds is 5. The highest BCUT2D eigenvalue weighted by Crippen LogP contribution is 2.11. The molecule has 2 aromatic carbocycles. The lowest BCUT2D eigenvalue weighted by Gasteiger charge is -2.17. The van der Waals surface area contributed by atoms with E-state index in [0.717, 1.165) is 9.13 Å². The van der Waals surface area contributed by atoms with E-state index in [1.165, 1.54) is 7.11 Å². The monoisotopic (exact) mass is 434 g/mol. The fourth-order valence-corrected chi connectivity index (χ4v) is 2.78. The molecule has 5 nitrogen and oxygen atoms in total. The van der Waals surface area contributed by atoms with Crippen molar-refractivity contribution in [3.05, 3.63) is 68.8 Å². The fourth-order valence-electron chi connectivity index (χ4n) is 2.17. The van der Waals surface area contributed by atoms with Crippen molar-refractivity contribution in [2.45, 2.75) is 12.5 Å². The van der Waals surface area contributed by atoms with Gasteiger partial charge in [-0.2, -0.15) is 5.26 Å². The van der Waals surface area contributed by atoms with E-state index in [4.69, 9.17) is 10.00 Å². The molecular weight excluding hydrogens is 419 g/mol. The Morgan fingerprint density at radius 3 is 2.54 bits per heavy atom.